The zero-order valence-corrected chi connectivity index (χ0v) is 24.4. The standard InChI is InChI=1S/C39H26N2O5/c42-35-33-34(36(43)40(35)29-22-13-23-30(24-29)41(45)46)39(28-20-11-4-12-21-28)32(26-16-7-2-8-17-26)31(25-14-5-1-6-15-25)38(33,37(39)44)27-18-9-3-10-19-27/h1-24,33-34H/t33-,34-,38+,39+/m1/s1. The fourth-order valence-corrected chi connectivity index (χ4v) is 8.33. The van der Waals surface area contributed by atoms with Crippen molar-refractivity contribution in [2.45, 2.75) is 10.8 Å². The molecule has 7 heteroatoms. The molecule has 5 aromatic carbocycles. The van der Waals surface area contributed by atoms with Crippen LogP contribution >= 0.6 is 0 Å². The molecule has 0 aromatic heterocycles. The number of anilines is 1. The summed E-state index contributed by atoms with van der Waals surface area (Å²) < 4.78 is 0. The lowest BCUT2D eigenvalue weighted by molar-refractivity contribution is -0.384. The lowest BCUT2D eigenvalue weighted by Gasteiger charge is -2.39. The van der Waals surface area contributed by atoms with E-state index in [0.717, 1.165) is 16.0 Å². The molecular formula is C39H26N2O5. The van der Waals surface area contributed by atoms with E-state index in [1.165, 1.54) is 24.3 Å². The summed E-state index contributed by atoms with van der Waals surface area (Å²) in [6, 6.07) is 43.3. The van der Waals surface area contributed by atoms with Crippen LogP contribution in [0, 0.1) is 22.0 Å². The summed E-state index contributed by atoms with van der Waals surface area (Å²) >= 11 is 0. The number of carbonyl (C=O) groups excluding carboxylic acids is 3. The maximum absolute atomic E-state index is 15.8. The fraction of sp³-hybridized carbons (Fsp3) is 0.103. The van der Waals surface area contributed by atoms with Gasteiger partial charge in [-0.25, -0.2) is 4.90 Å². The van der Waals surface area contributed by atoms with Gasteiger partial charge < -0.3 is 0 Å². The van der Waals surface area contributed by atoms with Crippen molar-refractivity contribution in [2.75, 3.05) is 4.90 Å². The molecule has 5 aromatic rings. The SMILES string of the molecule is O=C1[C@H]2[C@H](C(=O)N1c1cccc([N+](=O)[O-])c1)[C@@]1(c3ccccc3)C(=O)[C@@]2(c2ccccc2)C(c2ccccc2)=C1c1ccccc1. The van der Waals surface area contributed by atoms with Crippen LogP contribution in [0.2, 0.25) is 0 Å². The van der Waals surface area contributed by atoms with Gasteiger partial charge in [0.1, 0.15) is 0 Å². The van der Waals surface area contributed by atoms with E-state index in [0.29, 0.717) is 22.3 Å². The molecule has 3 aliphatic rings. The monoisotopic (exact) mass is 602 g/mol. The number of nitro benzene ring substituents is 1. The van der Waals surface area contributed by atoms with Crippen molar-refractivity contribution in [3.63, 3.8) is 0 Å². The number of ketones is 1. The van der Waals surface area contributed by atoms with E-state index < -0.39 is 39.4 Å². The number of hydrogen-bond donors (Lipinski definition) is 0. The normalized spacial score (nSPS) is 24.9. The molecule has 0 radical (unpaired) electrons. The molecule has 1 saturated carbocycles. The van der Waals surface area contributed by atoms with Crippen LogP contribution in [0.1, 0.15) is 22.3 Å². The number of nitro groups is 1. The van der Waals surface area contributed by atoms with Gasteiger partial charge in [-0.3, -0.25) is 24.5 Å². The van der Waals surface area contributed by atoms with Crippen molar-refractivity contribution in [3.05, 3.63) is 178 Å². The van der Waals surface area contributed by atoms with E-state index in [1.807, 2.05) is 121 Å². The number of fused-ring (bicyclic) bond motifs is 5. The van der Waals surface area contributed by atoms with Crippen LogP contribution in [0.4, 0.5) is 11.4 Å². The Morgan fingerprint density at radius 2 is 0.957 bits per heavy atom. The van der Waals surface area contributed by atoms with E-state index in [9.17, 15) is 19.7 Å². The molecule has 2 bridgehead atoms. The first kappa shape index (κ1) is 27.6. The lowest BCUT2D eigenvalue weighted by atomic mass is 9.59. The number of nitrogens with zero attached hydrogens (tertiary/aromatic N) is 2. The fourth-order valence-electron chi connectivity index (χ4n) is 8.33. The highest BCUT2D eigenvalue weighted by Gasteiger charge is 2.82. The predicted molar refractivity (Wildman–Crippen MR) is 174 cm³/mol. The quantitative estimate of drug-likeness (QED) is 0.121. The largest absolute Gasteiger partial charge is 0.297 e. The second-order valence-corrected chi connectivity index (χ2v) is 11.9. The van der Waals surface area contributed by atoms with Gasteiger partial charge in [0, 0.05) is 12.1 Å². The smallest absolute Gasteiger partial charge is 0.271 e. The number of carbonyl (C=O) groups is 3. The summed E-state index contributed by atoms with van der Waals surface area (Å²) in [5.41, 5.74) is 1.02. The topological polar surface area (TPSA) is 97.6 Å². The van der Waals surface area contributed by atoms with Gasteiger partial charge in [-0.2, -0.15) is 0 Å². The van der Waals surface area contributed by atoms with Gasteiger partial charge in [0.15, 0.2) is 5.78 Å². The van der Waals surface area contributed by atoms with E-state index in [2.05, 4.69) is 0 Å². The predicted octanol–water partition coefficient (Wildman–Crippen LogP) is 6.78. The Morgan fingerprint density at radius 3 is 1.37 bits per heavy atom. The van der Waals surface area contributed by atoms with E-state index >= 15 is 4.79 Å². The maximum Gasteiger partial charge on any atom is 0.271 e. The number of benzene rings is 5. The minimum Gasteiger partial charge on any atom is -0.297 e. The van der Waals surface area contributed by atoms with Crippen LogP contribution in [0.5, 0.6) is 0 Å². The summed E-state index contributed by atoms with van der Waals surface area (Å²) in [6.45, 7) is 0. The third-order valence-corrected chi connectivity index (χ3v) is 9.88. The van der Waals surface area contributed by atoms with E-state index in [-0.39, 0.29) is 17.2 Å². The molecular weight excluding hydrogens is 576 g/mol. The van der Waals surface area contributed by atoms with E-state index in [1.54, 1.807) is 0 Å². The second-order valence-electron chi connectivity index (χ2n) is 11.9. The van der Waals surface area contributed by atoms with Crippen molar-refractivity contribution in [2.24, 2.45) is 11.8 Å². The summed E-state index contributed by atoms with van der Waals surface area (Å²) in [6.07, 6.45) is 0. The molecule has 8 rings (SSSR count). The number of allylic oxidation sites excluding steroid dienone is 2. The minimum atomic E-state index is -1.53. The van der Waals surface area contributed by atoms with Crippen molar-refractivity contribution < 1.29 is 19.3 Å². The zero-order valence-electron chi connectivity index (χ0n) is 24.4. The Morgan fingerprint density at radius 1 is 0.543 bits per heavy atom. The summed E-state index contributed by atoms with van der Waals surface area (Å²) in [5, 5.41) is 11.7. The molecule has 0 N–H and O–H groups in total. The van der Waals surface area contributed by atoms with Crippen molar-refractivity contribution >= 4 is 40.1 Å². The van der Waals surface area contributed by atoms with Crippen LogP contribution in [0.25, 0.3) is 11.1 Å². The van der Waals surface area contributed by atoms with Crippen LogP contribution in [0.3, 0.4) is 0 Å². The maximum atomic E-state index is 15.8. The Balaban J connectivity index is 1.53. The van der Waals surface area contributed by atoms with Gasteiger partial charge in [0.25, 0.3) is 5.69 Å². The highest BCUT2D eigenvalue weighted by molar-refractivity contribution is 6.39. The molecule has 0 unspecified atom stereocenters. The number of non-ortho nitro benzene ring substituents is 1. The Bertz CT molecular complexity index is 1980. The van der Waals surface area contributed by atoms with Gasteiger partial charge in [0.2, 0.25) is 11.8 Å². The van der Waals surface area contributed by atoms with Crippen LogP contribution < -0.4 is 4.90 Å². The van der Waals surface area contributed by atoms with E-state index in [4.69, 9.17) is 0 Å². The number of hydrogen-bond acceptors (Lipinski definition) is 5. The highest BCUT2D eigenvalue weighted by atomic mass is 16.6. The van der Waals surface area contributed by atoms with Gasteiger partial charge in [-0.15, -0.1) is 0 Å². The van der Waals surface area contributed by atoms with Crippen LogP contribution in [0.15, 0.2) is 146 Å². The average Bonchev–Trinajstić information content (AvgIpc) is 3.62. The molecule has 46 heavy (non-hydrogen) atoms. The first-order chi connectivity index (χ1) is 22.4. The average molecular weight is 603 g/mol. The van der Waals surface area contributed by atoms with Crippen molar-refractivity contribution in [3.8, 4) is 0 Å². The third kappa shape index (κ3) is 3.39. The van der Waals surface area contributed by atoms with Crippen LogP contribution in [-0.4, -0.2) is 22.5 Å². The highest BCUT2D eigenvalue weighted by Crippen LogP contribution is 2.74. The summed E-state index contributed by atoms with van der Waals surface area (Å²) in [7, 11) is 0. The molecule has 7 nitrogen and oxygen atoms in total. The molecule has 1 heterocycles. The first-order valence-corrected chi connectivity index (χ1v) is 15.1. The molecule has 2 amide bonds. The van der Waals surface area contributed by atoms with Crippen molar-refractivity contribution in [1.29, 1.82) is 0 Å². The molecule has 1 aliphatic heterocycles. The molecule has 2 fully saturated rings. The first-order valence-electron chi connectivity index (χ1n) is 15.1. The third-order valence-electron chi connectivity index (χ3n) is 9.88. The molecule has 222 valence electrons. The molecule has 4 atom stereocenters. The lowest BCUT2D eigenvalue weighted by Crippen LogP contribution is -2.45. The Kier molecular flexibility index (Phi) is 6.02. The van der Waals surface area contributed by atoms with Gasteiger partial charge >= 0.3 is 0 Å². The summed E-state index contributed by atoms with van der Waals surface area (Å²) in [5.74, 6) is -3.52. The Hall–Kier alpha value is -5.95. The summed E-state index contributed by atoms with van der Waals surface area (Å²) in [4.78, 5) is 57.9. The number of imide groups is 1. The van der Waals surface area contributed by atoms with Crippen molar-refractivity contribution in [1.82, 2.24) is 0 Å². The Labute approximate surface area is 264 Å². The molecule has 1 saturated heterocycles. The van der Waals surface area contributed by atoms with Gasteiger partial charge in [0.05, 0.1) is 33.3 Å². The van der Waals surface area contributed by atoms with Gasteiger partial charge in [-0.05, 0) is 39.5 Å². The van der Waals surface area contributed by atoms with Gasteiger partial charge in [-0.1, -0.05) is 127 Å². The molecule has 0 spiro atoms. The molecule has 2 aliphatic carbocycles. The van der Waals surface area contributed by atoms with Crippen LogP contribution in [-0.2, 0) is 25.2 Å². The number of amides is 2. The second kappa shape index (κ2) is 10.0. The number of Topliss-reactive ketones (excluding diaryl/α,β-unsaturated/α-hetero) is 1. The minimum absolute atomic E-state index is 0.111. The zero-order chi connectivity index (χ0) is 31.6. The number of rotatable bonds is 6.